The van der Waals surface area contributed by atoms with Gasteiger partial charge in [0.05, 0.1) is 18.6 Å². The van der Waals surface area contributed by atoms with Gasteiger partial charge in [-0.15, -0.1) is 0 Å². The van der Waals surface area contributed by atoms with Crippen LogP contribution in [0.5, 0.6) is 0 Å². The Labute approximate surface area is 131 Å². The zero-order chi connectivity index (χ0) is 16.3. The van der Waals surface area contributed by atoms with Crippen LogP contribution in [-0.4, -0.2) is 55.6 Å². The third-order valence-electron chi connectivity index (χ3n) is 3.04. The van der Waals surface area contributed by atoms with Crippen molar-refractivity contribution in [1.82, 2.24) is 16.0 Å². The fourth-order valence-corrected chi connectivity index (χ4v) is 2.06. The molecule has 2 amide bonds. The number of hydrogen-bond acceptors (Lipinski definition) is 6. The number of thiol groups is 1. The topological polar surface area (TPSA) is 113 Å². The van der Waals surface area contributed by atoms with Crippen molar-refractivity contribution < 1.29 is 14.4 Å². The molecule has 0 aromatic carbocycles. The Hall–Kier alpha value is -1.12. The van der Waals surface area contributed by atoms with Gasteiger partial charge < -0.3 is 21.7 Å². The van der Waals surface area contributed by atoms with Crippen molar-refractivity contribution in [2.45, 2.75) is 38.3 Å². The molecule has 2 unspecified atom stereocenters. The van der Waals surface area contributed by atoms with E-state index in [4.69, 9.17) is 5.73 Å². The number of nitrogens with two attached hydrogens (primary N) is 1. The van der Waals surface area contributed by atoms with E-state index in [0.29, 0.717) is 13.0 Å². The second-order valence-corrected chi connectivity index (χ2v) is 5.12. The maximum absolute atomic E-state index is 11.9. The second-order valence-electron chi connectivity index (χ2n) is 4.76. The van der Waals surface area contributed by atoms with Crippen LogP contribution in [0.4, 0.5) is 0 Å². The van der Waals surface area contributed by atoms with E-state index in [1.165, 1.54) is 6.92 Å². The fraction of sp³-hybridized carbons (Fsp3) is 0.769. The number of unbranched alkanes of at least 4 members (excludes halogenated alkanes) is 1. The maximum Gasteiger partial charge on any atom is 0.240 e. The number of carbonyl (C=O) groups is 3. The predicted molar refractivity (Wildman–Crippen MR) is 85.2 cm³/mol. The van der Waals surface area contributed by atoms with Crippen molar-refractivity contribution >= 4 is 30.2 Å². The Morgan fingerprint density at radius 3 is 2.33 bits per heavy atom. The van der Waals surface area contributed by atoms with Crippen LogP contribution in [0.15, 0.2) is 0 Å². The third-order valence-corrected chi connectivity index (χ3v) is 3.41. The lowest BCUT2D eigenvalue weighted by Gasteiger charge is -2.17. The molecule has 0 aliphatic carbocycles. The minimum Gasteiger partial charge on any atom is -0.346 e. The van der Waals surface area contributed by atoms with Crippen LogP contribution >= 0.6 is 12.6 Å². The average Bonchev–Trinajstić information content (AvgIpc) is 2.46. The summed E-state index contributed by atoms with van der Waals surface area (Å²) in [4.78, 5) is 34.7. The maximum atomic E-state index is 11.9. The average molecular weight is 318 g/mol. The van der Waals surface area contributed by atoms with Gasteiger partial charge in [-0.3, -0.25) is 14.4 Å². The number of Topliss-reactive ketones (excluding diaryl/α,β-unsaturated/α-hetero) is 1. The standard InChI is InChI=1S/C13H26N4O3S/c1-9(18)11(8-21)17-12(19)7-16-13(20)10(15-2)5-3-4-6-14/h10-11,15,21H,3-8,14H2,1-2H3,(H,16,20)(H,17,19). The van der Waals surface area contributed by atoms with Crippen LogP contribution in [0.25, 0.3) is 0 Å². The molecule has 0 aliphatic heterocycles. The van der Waals surface area contributed by atoms with Crippen LogP contribution in [0.3, 0.4) is 0 Å². The summed E-state index contributed by atoms with van der Waals surface area (Å²) >= 11 is 3.99. The third kappa shape index (κ3) is 8.69. The SMILES string of the molecule is CNC(CCCCN)C(=O)NCC(=O)NC(CS)C(C)=O. The Morgan fingerprint density at radius 2 is 1.86 bits per heavy atom. The molecule has 0 aromatic heterocycles. The Kier molecular flexibility index (Phi) is 10.9. The number of hydrogen-bond donors (Lipinski definition) is 5. The number of carbonyl (C=O) groups excluding carboxylic acids is 3. The highest BCUT2D eigenvalue weighted by Crippen LogP contribution is 2.00. The number of amides is 2. The Bertz CT molecular complexity index is 352. The largest absolute Gasteiger partial charge is 0.346 e. The van der Waals surface area contributed by atoms with Gasteiger partial charge in [-0.25, -0.2) is 0 Å². The zero-order valence-corrected chi connectivity index (χ0v) is 13.5. The van der Waals surface area contributed by atoms with Gasteiger partial charge in [-0.2, -0.15) is 12.6 Å². The van der Waals surface area contributed by atoms with Crippen molar-refractivity contribution in [2.24, 2.45) is 5.73 Å². The van der Waals surface area contributed by atoms with Gasteiger partial charge >= 0.3 is 0 Å². The molecular formula is C13H26N4O3S. The van der Waals surface area contributed by atoms with Gasteiger partial charge in [0.25, 0.3) is 0 Å². The molecule has 5 N–H and O–H groups in total. The van der Waals surface area contributed by atoms with Crippen LogP contribution in [0, 0.1) is 0 Å². The molecule has 0 radical (unpaired) electrons. The van der Waals surface area contributed by atoms with Crippen molar-refractivity contribution in [1.29, 1.82) is 0 Å². The van der Waals surface area contributed by atoms with Gasteiger partial charge in [0.2, 0.25) is 11.8 Å². The summed E-state index contributed by atoms with van der Waals surface area (Å²) in [6, 6.07) is -0.972. The van der Waals surface area contributed by atoms with E-state index in [1.807, 2.05) is 0 Å². The first-order valence-electron chi connectivity index (χ1n) is 7.02. The van der Waals surface area contributed by atoms with Crippen molar-refractivity contribution in [2.75, 3.05) is 25.9 Å². The molecule has 0 saturated heterocycles. The van der Waals surface area contributed by atoms with Gasteiger partial charge in [0, 0.05) is 5.75 Å². The van der Waals surface area contributed by atoms with E-state index in [1.54, 1.807) is 7.05 Å². The van der Waals surface area contributed by atoms with Crippen LogP contribution in [-0.2, 0) is 14.4 Å². The summed E-state index contributed by atoms with van der Waals surface area (Å²) in [7, 11) is 1.69. The lowest BCUT2D eigenvalue weighted by atomic mass is 10.1. The minimum atomic E-state index is -0.623. The monoisotopic (exact) mass is 318 g/mol. The minimum absolute atomic E-state index is 0.161. The first-order valence-corrected chi connectivity index (χ1v) is 7.65. The highest BCUT2D eigenvalue weighted by Gasteiger charge is 2.18. The van der Waals surface area contributed by atoms with Gasteiger partial charge in [0.15, 0.2) is 5.78 Å². The molecular weight excluding hydrogens is 292 g/mol. The first kappa shape index (κ1) is 19.9. The highest BCUT2D eigenvalue weighted by molar-refractivity contribution is 7.80. The molecule has 122 valence electrons. The molecule has 8 heteroatoms. The quantitative estimate of drug-likeness (QED) is 0.243. The normalized spacial score (nSPS) is 13.3. The number of ketones is 1. The molecule has 21 heavy (non-hydrogen) atoms. The molecule has 0 heterocycles. The lowest BCUT2D eigenvalue weighted by molar-refractivity contribution is -0.128. The van der Waals surface area contributed by atoms with E-state index in [2.05, 4.69) is 28.6 Å². The second kappa shape index (κ2) is 11.5. The molecule has 7 nitrogen and oxygen atoms in total. The van der Waals surface area contributed by atoms with E-state index < -0.39 is 11.9 Å². The summed E-state index contributed by atoms with van der Waals surface area (Å²) in [6.45, 7) is 1.82. The van der Waals surface area contributed by atoms with Crippen LogP contribution < -0.4 is 21.7 Å². The molecule has 0 spiro atoms. The number of nitrogens with one attached hydrogen (secondary N) is 3. The van der Waals surface area contributed by atoms with E-state index in [0.717, 1.165) is 12.8 Å². The van der Waals surface area contributed by atoms with Crippen LogP contribution in [0.2, 0.25) is 0 Å². The molecule has 2 atom stereocenters. The van der Waals surface area contributed by atoms with Crippen molar-refractivity contribution in [3.63, 3.8) is 0 Å². The molecule has 0 aromatic rings. The number of likely N-dealkylation sites (N-methyl/N-ethyl adjacent to an activating group) is 1. The summed E-state index contributed by atoms with van der Waals surface area (Å²) in [6.07, 6.45) is 2.36. The fourth-order valence-electron chi connectivity index (χ4n) is 1.71. The van der Waals surface area contributed by atoms with E-state index in [9.17, 15) is 14.4 Å². The summed E-state index contributed by atoms with van der Waals surface area (Å²) in [5.41, 5.74) is 5.41. The molecule has 0 aliphatic rings. The van der Waals surface area contributed by atoms with Crippen molar-refractivity contribution in [3.05, 3.63) is 0 Å². The highest BCUT2D eigenvalue weighted by atomic mass is 32.1. The summed E-state index contributed by atoms with van der Waals surface area (Å²) in [5.74, 6) is -0.586. The predicted octanol–water partition coefficient (Wildman–Crippen LogP) is -1.18. The first-order chi connectivity index (χ1) is 9.96. The number of rotatable bonds is 11. The Balaban J connectivity index is 4.14. The molecule has 0 fully saturated rings. The smallest absolute Gasteiger partial charge is 0.240 e. The lowest BCUT2D eigenvalue weighted by Crippen LogP contribution is -2.49. The van der Waals surface area contributed by atoms with Crippen molar-refractivity contribution in [3.8, 4) is 0 Å². The van der Waals surface area contributed by atoms with E-state index in [-0.39, 0.29) is 30.0 Å². The summed E-state index contributed by atoms with van der Waals surface area (Å²) < 4.78 is 0. The van der Waals surface area contributed by atoms with Gasteiger partial charge in [-0.1, -0.05) is 6.42 Å². The van der Waals surface area contributed by atoms with Gasteiger partial charge in [-0.05, 0) is 33.4 Å². The zero-order valence-electron chi connectivity index (χ0n) is 12.6. The van der Waals surface area contributed by atoms with E-state index >= 15 is 0 Å². The van der Waals surface area contributed by atoms with Crippen LogP contribution in [0.1, 0.15) is 26.2 Å². The molecule has 0 saturated carbocycles. The Morgan fingerprint density at radius 1 is 1.19 bits per heavy atom. The molecule has 0 rings (SSSR count). The summed E-state index contributed by atoms with van der Waals surface area (Å²) in [5, 5.41) is 7.97. The molecule has 0 bridgehead atoms. The van der Waals surface area contributed by atoms with Gasteiger partial charge in [0.1, 0.15) is 0 Å².